The van der Waals surface area contributed by atoms with Crippen LogP contribution in [0.15, 0.2) is 24.3 Å². The number of carbonyl (C=O) groups is 1. The van der Waals surface area contributed by atoms with Crippen LogP contribution in [0.4, 0.5) is 10.1 Å². The number of rotatable bonds is 4. The van der Waals surface area contributed by atoms with E-state index >= 15 is 0 Å². The van der Waals surface area contributed by atoms with E-state index in [1.165, 1.54) is 25.0 Å². The number of amides is 1. The topological polar surface area (TPSA) is 41.1 Å². The van der Waals surface area contributed by atoms with E-state index in [1.54, 1.807) is 12.1 Å². The summed E-state index contributed by atoms with van der Waals surface area (Å²) in [7, 11) is 0. The first-order valence-electron chi connectivity index (χ1n) is 6.91. The Bertz CT molecular complexity index is 430. The predicted molar refractivity (Wildman–Crippen MR) is 74.4 cm³/mol. The summed E-state index contributed by atoms with van der Waals surface area (Å²) in [6, 6.07) is 6.00. The number of nitrogens with one attached hydrogen (secondary N) is 2. The lowest BCUT2D eigenvalue weighted by Crippen LogP contribution is -2.34. The Kier molecular flexibility index (Phi) is 4.91. The van der Waals surface area contributed by atoms with Gasteiger partial charge in [-0.1, -0.05) is 13.0 Å². The van der Waals surface area contributed by atoms with Crippen LogP contribution in [-0.2, 0) is 4.79 Å². The number of benzene rings is 1. The summed E-state index contributed by atoms with van der Waals surface area (Å²) in [4.78, 5) is 11.9. The lowest BCUT2D eigenvalue weighted by Gasteiger charge is -2.28. The number of halogens is 1. The van der Waals surface area contributed by atoms with Crippen molar-refractivity contribution in [1.29, 1.82) is 0 Å². The normalized spacial score (nSPS) is 20.8. The van der Waals surface area contributed by atoms with Gasteiger partial charge in [0.15, 0.2) is 0 Å². The Morgan fingerprint density at radius 2 is 2.42 bits per heavy atom. The maximum absolute atomic E-state index is 13.0. The van der Waals surface area contributed by atoms with Gasteiger partial charge in [-0.3, -0.25) is 4.79 Å². The number of carbonyl (C=O) groups excluding carboxylic acids is 1. The van der Waals surface area contributed by atoms with Gasteiger partial charge in [-0.15, -0.1) is 0 Å². The average Bonchev–Trinajstić information content (AvgIpc) is 2.39. The Hall–Kier alpha value is -1.42. The highest BCUT2D eigenvalue weighted by Gasteiger charge is 2.21. The highest BCUT2D eigenvalue weighted by atomic mass is 19.1. The van der Waals surface area contributed by atoms with Gasteiger partial charge >= 0.3 is 0 Å². The van der Waals surface area contributed by atoms with Gasteiger partial charge < -0.3 is 10.6 Å². The van der Waals surface area contributed by atoms with E-state index in [0.717, 1.165) is 13.1 Å². The van der Waals surface area contributed by atoms with E-state index in [4.69, 9.17) is 0 Å². The number of hydrogen-bond acceptors (Lipinski definition) is 2. The molecule has 2 atom stereocenters. The van der Waals surface area contributed by atoms with Crippen molar-refractivity contribution < 1.29 is 9.18 Å². The molecule has 19 heavy (non-hydrogen) atoms. The molecule has 1 aliphatic heterocycles. The lowest BCUT2D eigenvalue weighted by atomic mass is 9.85. The predicted octanol–water partition coefficient (Wildman–Crippen LogP) is 2.79. The summed E-state index contributed by atoms with van der Waals surface area (Å²) < 4.78 is 13.0. The number of hydrogen-bond donors (Lipinski definition) is 2. The minimum absolute atomic E-state index is 0.0383. The molecule has 3 nitrogen and oxygen atoms in total. The van der Waals surface area contributed by atoms with Gasteiger partial charge in [0.05, 0.1) is 0 Å². The van der Waals surface area contributed by atoms with Crippen LogP contribution < -0.4 is 10.6 Å². The zero-order chi connectivity index (χ0) is 13.7. The molecule has 1 amide bonds. The van der Waals surface area contributed by atoms with Crippen molar-refractivity contribution in [2.75, 3.05) is 18.4 Å². The summed E-state index contributed by atoms with van der Waals surface area (Å²) >= 11 is 0. The quantitative estimate of drug-likeness (QED) is 0.878. The van der Waals surface area contributed by atoms with Crippen molar-refractivity contribution in [2.45, 2.75) is 26.2 Å². The molecule has 104 valence electrons. The molecule has 2 rings (SSSR count). The van der Waals surface area contributed by atoms with Crippen LogP contribution >= 0.6 is 0 Å². The number of piperidine rings is 1. The molecule has 0 aliphatic carbocycles. The molecule has 1 saturated heterocycles. The SMILES string of the molecule is CC(CC(=O)Nc1cccc(F)c1)C1CCCNC1. The fourth-order valence-electron chi connectivity index (χ4n) is 2.60. The summed E-state index contributed by atoms with van der Waals surface area (Å²) in [6.07, 6.45) is 2.85. The van der Waals surface area contributed by atoms with Gasteiger partial charge in [0.25, 0.3) is 0 Å². The van der Waals surface area contributed by atoms with E-state index in [2.05, 4.69) is 17.6 Å². The molecular weight excluding hydrogens is 243 g/mol. The van der Waals surface area contributed by atoms with Crippen molar-refractivity contribution in [3.8, 4) is 0 Å². The molecule has 1 aromatic carbocycles. The molecule has 1 fully saturated rings. The fraction of sp³-hybridized carbons (Fsp3) is 0.533. The number of anilines is 1. The van der Waals surface area contributed by atoms with Crippen LogP contribution in [0.1, 0.15) is 26.2 Å². The maximum Gasteiger partial charge on any atom is 0.224 e. The van der Waals surface area contributed by atoms with Crippen molar-refractivity contribution in [2.24, 2.45) is 11.8 Å². The van der Waals surface area contributed by atoms with Crippen LogP contribution in [0.5, 0.6) is 0 Å². The molecule has 0 bridgehead atoms. The van der Waals surface area contributed by atoms with Crippen molar-refractivity contribution in [1.82, 2.24) is 5.32 Å². The first-order chi connectivity index (χ1) is 9.15. The molecule has 2 unspecified atom stereocenters. The summed E-state index contributed by atoms with van der Waals surface area (Å²) in [6.45, 7) is 4.19. The largest absolute Gasteiger partial charge is 0.326 e. The van der Waals surface area contributed by atoms with Gasteiger partial charge in [-0.2, -0.15) is 0 Å². The molecule has 0 aromatic heterocycles. The molecule has 0 radical (unpaired) electrons. The van der Waals surface area contributed by atoms with Gasteiger partial charge in [-0.05, 0) is 56.0 Å². The van der Waals surface area contributed by atoms with Crippen LogP contribution in [0, 0.1) is 17.7 Å². The summed E-state index contributed by atoms with van der Waals surface area (Å²) in [5.74, 6) is 0.541. The highest BCUT2D eigenvalue weighted by Crippen LogP contribution is 2.23. The second-order valence-electron chi connectivity index (χ2n) is 5.35. The van der Waals surface area contributed by atoms with Crippen LogP contribution in [0.3, 0.4) is 0 Å². The smallest absolute Gasteiger partial charge is 0.224 e. The van der Waals surface area contributed by atoms with Gasteiger partial charge in [0, 0.05) is 12.1 Å². The van der Waals surface area contributed by atoms with Crippen molar-refractivity contribution >= 4 is 11.6 Å². The maximum atomic E-state index is 13.0. The minimum Gasteiger partial charge on any atom is -0.326 e. The summed E-state index contributed by atoms with van der Waals surface area (Å²) in [5, 5.41) is 6.12. The molecule has 0 spiro atoms. The molecule has 2 N–H and O–H groups in total. The Balaban J connectivity index is 1.83. The van der Waals surface area contributed by atoms with E-state index in [1.807, 2.05) is 0 Å². The van der Waals surface area contributed by atoms with Gasteiger partial charge in [-0.25, -0.2) is 4.39 Å². The Labute approximate surface area is 113 Å². The monoisotopic (exact) mass is 264 g/mol. The van der Waals surface area contributed by atoms with Crippen LogP contribution in [0.25, 0.3) is 0 Å². The lowest BCUT2D eigenvalue weighted by molar-refractivity contribution is -0.117. The van der Waals surface area contributed by atoms with Crippen LogP contribution in [0.2, 0.25) is 0 Å². The zero-order valence-corrected chi connectivity index (χ0v) is 11.3. The molecule has 1 heterocycles. The van der Waals surface area contributed by atoms with E-state index in [0.29, 0.717) is 23.9 Å². The minimum atomic E-state index is -0.331. The molecular formula is C15H21FN2O. The fourth-order valence-corrected chi connectivity index (χ4v) is 2.60. The van der Waals surface area contributed by atoms with E-state index in [-0.39, 0.29) is 11.7 Å². The molecule has 1 aromatic rings. The standard InChI is InChI=1S/C15H21FN2O/c1-11(12-4-3-7-17-10-12)8-15(19)18-14-6-2-5-13(16)9-14/h2,5-6,9,11-12,17H,3-4,7-8,10H2,1H3,(H,18,19). The third kappa shape index (κ3) is 4.31. The first kappa shape index (κ1) is 14.0. The highest BCUT2D eigenvalue weighted by molar-refractivity contribution is 5.90. The molecule has 4 heteroatoms. The van der Waals surface area contributed by atoms with Gasteiger partial charge in [0.2, 0.25) is 5.91 Å². The average molecular weight is 264 g/mol. The second-order valence-corrected chi connectivity index (χ2v) is 5.35. The third-order valence-electron chi connectivity index (χ3n) is 3.76. The Morgan fingerprint density at radius 1 is 1.58 bits per heavy atom. The van der Waals surface area contributed by atoms with Crippen molar-refractivity contribution in [3.63, 3.8) is 0 Å². The van der Waals surface area contributed by atoms with Gasteiger partial charge in [0.1, 0.15) is 5.82 Å². The van der Waals surface area contributed by atoms with E-state index in [9.17, 15) is 9.18 Å². The first-order valence-corrected chi connectivity index (χ1v) is 6.91. The molecule has 1 aliphatic rings. The zero-order valence-electron chi connectivity index (χ0n) is 11.3. The second kappa shape index (κ2) is 6.66. The van der Waals surface area contributed by atoms with E-state index < -0.39 is 0 Å². The molecule has 0 saturated carbocycles. The third-order valence-corrected chi connectivity index (χ3v) is 3.76. The van der Waals surface area contributed by atoms with Crippen molar-refractivity contribution in [3.05, 3.63) is 30.1 Å². The van der Waals surface area contributed by atoms with Crippen LogP contribution in [-0.4, -0.2) is 19.0 Å². The Morgan fingerprint density at radius 3 is 3.11 bits per heavy atom. The summed E-state index contributed by atoms with van der Waals surface area (Å²) in [5.41, 5.74) is 0.527.